The molecule has 0 spiro atoms. The van der Waals surface area contributed by atoms with E-state index in [4.69, 9.17) is 9.47 Å². The third-order valence-electron chi connectivity index (χ3n) is 8.98. The topological polar surface area (TPSA) is 55.8 Å². The van der Waals surface area contributed by atoms with Gasteiger partial charge in [0.1, 0.15) is 6.10 Å². The minimum atomic E-state index is -0.0422. The summed E-state index contributed by atoms with van der Waals surface area (Å²) < 4.78 is 11.7. The Kier molecular flexibility index (Phi) is 32.4. The van der Waals surface area contributed by atoms with Crippen LogP contribution in [0.25, 0.3) is 0 Å². The van der Waals surface area contributed by atoms with E-state index in [0.29, 0.717) is 25.4 Å². The molecule has 1 unspecified atom stereocenters. The zero-order valence-corrected chi connectivity index (χ0v) is 30.4. The molecule has 0 aromatic heterocycles. The van der Waals surface area contributed by atoms with E-state index in [0.717, 1.165) is 57.9 Å². The number of unbranched alkanes of at least 4 members (excludes halogenated alkanes) is 17. The van der Waals surface area contributed by atoms with Crippen LogP contribution in [-0.2, 0) is 19.1 Å². The minimum Gasteiger partial charge on any atom is -0.465 e. The van der Waals surface area contributed by atoms with Crippen LogP contribution in [0.5, 0.6) is 0 Å². The summed E-state index contributed by atoms with van der Waals surface area (Å²) in [5, 5.41) is 0. The molecule has 1 atom stereocenters. The molecule has 0 aliphatic heterocycles. The summed E-state index contributed by atoms with van der Waals surface area (Å²) in [6.07, 6.45) is 32.4. The summed E-state index contributed by atoms with van der Waals surface area (Å²) in [5.41, 5.74) is 0. The Morgan fingerprint density at radius 1 is 0.500 bits per heavy atom. The van der Waals surface area contributed by atoms with Gasteiger partial charge in [-0.1, -0.05) is 136 Å². The first-order chi connectivity index (χ1) is 21.4. The molecule has 0 rings (SSSR count). The van der Waals surface area contributed by atoms with Crippen molar-refractivity contribution in [2.24, 2.45) is 5.92 Å². The molecular weight excluding hydrogens is 546 g/mol. The first kappa shape index (κ1) is 42.9. The van der Waals surface area contributed by atoms with Crippen LogP contribution in [0.4, 0.5) is 0 Å². The molecule has 0 aromatic carbocycles. The molecule has 0 aliphatic rings. The lowest BCUT2D eigenvalue weighted by Gasteiger charge is -2.19. The predicted molar refractivity (Wildman–Crippen MR) is 189 cm³/mol. The normalized spacial score (nSPS) is 12.2. The minimum absolute atomic E-state index is 0.0162. The van der Waals surface area contributed by atoms with Crippen LogP contribution in [-0.4, -0.2) is 50.2 Å². The van der Waals surface area contributed by atoms with Gasteiger partial charge in [-0.15, -0.1) is 0 Å². The second kappa shape index (κ2) is 33.3. The van der Waals surface area contributed by atoms with Crippen molar-refractivity contribution in [2.75, 3.05) is 27.2 Å². The summed E-state index contributed by atoms with van der Waals surface area (Å²) in [6.45, 7) is 8.31. The number of rotatable bonds is 34. The van der Waals surface area contributed by atoms with E-state index in [-0.39, 0.29) is 18.0 Å². The molecule has 0 heterocycles. The van der Waals surface area contributed by atoms with Crippen molar-refractivity contribution in [1.29, 1.82) is 0 Å². The molecule has 0 N–H and O–H groups in total. The first-order valence-electron chi connectivity index (χ1n) is 19.4. The van der Waals surface area contributed by atoms with Crippen molar-refractivity contribution in [3.63, 3.8) is 0 Å². The second-order valence-corrected chi connectivity index (χ2v) is 13.8. The summed E-state index contributed by atoms with van der Waals surface area (Å²) >= 11 is 0. The molecule has 0 fully saturated rings. The van der Waals surface area contributed by atoms with Crippen molar-refractivity contribution >= 4 is 11.9 Å². The van der Waals surface area contributed by atoms with Crippen molar-refractivity contribution < 1.29 is 19.1 Å². The van der Waals surface area contributed by atoms with E-state index in [9.17, 15) is 9.59 Å². The van der Waals surface area contributed by atoms with Crippen LogP contribution >= 0.6 is 0 Å². The third kappa shape index (κ3) is 30.9. The Labute approximate surface area is 275 Å². The highest BCUT2D eigenvalue weighted by Gasteiger charge is 2.15. The Morgan fingerprint density at radius 3 is 1.39 bits per heavy atom. The number of carbonyl (C=O) groups excluding carboxylic acids is 2. The highest BCUT2D eigenvalue weighted by molar-refractivity contribution is 5.69. The summed E-state index contributed by atoms with van der Waals surface area (Å²) in [7, 11) is 4.07. The zero-order chi connectivity index (χ0) is 32.5. The molecule has 5 nitrogen and oxygen atoms in total. The lowest BCUT2D eigenvalue weighted by atomic mass is 9.94. The lowest BCUT2D eigenvalue weighted by Crippen LogP contribution is -2.20. The highest BCUT2D eigenvalue weighted by atomic mass is 16.5. The Bertz CT molecular complexity index is 607. The third-order valence-corrected chi connectivity index (χ3v) is 8.98. The number of hydrogen-bond donors (Lipinski definition) is 0. The zero-order valence-electron chi connectivity index (χ0n) is 30.4. The number of ether oxygens (including phenoxy) is 2. The van der Waals surface area contributed by atoms with Gasteiger partial charge < -0.3 is 14.4 Å². The summed E-state index contributed by atoms with van der Waals surface area (Å²) in [5.74, 6) is 0.470. The lowest BCUT2D eigenvalue weighted by molar-refractivity contribution is -0.150. The van der Waals surface area contributed by atoms with Crippen LogP contribution in [0.1, 0.15) is 201 Å². The van der Waals surface area contributed by atoms with Gasteiger partial charge in [-0.25, -0.2) is 0 Å². The summed E-state index contributed by atoms with van der Waals surface area (Å²) in [4.78, 5) is 27.1. The SMILES string of the molecule is CCCCCCCCC(CCCCCCCC)COC(=O)CCCCCCC(CCCCCCC)OC(=O)CCCN(C)C. The van der Waals surface area contributed by atoms with Crippen LogP contribution < -0.4 is 0 Å². The van der Waals surface area contributed by atoms with E-state index in [1.165, 1.54) is 116 Å². The van der Waals surface area contributed by atoms with Crippen LogP contribution in [0.2, 0.25) is 0 Å². The maximum Gasteiger partial charge on any atom is 0.306 e. The molecule has 0 aliphatic carbocycles. The average Bonchev–Trinajstić information content (AvgIpc) is 3.00. The largest absolute Gasteiger partial charge is 0.465 e. The van der Waals surface area contributed by atoms with Gasteiger partial charge in [0.2, 0.25) is 0 Å². The van der Waals surface area contributed by atoms with Crippen LogP contribution in [0, 0.1) is 5.92 Å². The second-order valence-electron chi connectivity index (χ2n) is 13.8. The van der Waals surface area contributed by atoms with Gasteiger partial charge in [0.25, 0.3) is 0 Å². The molecule has 0 aromatic rings. The molecule has 0 radical (unpaired) electrons. The van der Waals surface area contributed by atoms with E-state index >= 15 is 0 Å². The van der Waals surface area contributed by atoms with Crippen molar-refractivity contribution in [2.45, 2.75) is 207 Å². The standard InChI is InChI=1S/C39H77NO4/c1-6-9-12-15-18-22-28-36(29-23-19-16-13-10-7-2)35-43-38(41)32-26-21-20-25-31-37(30-24-17-14-11-8-3)44-39(42)33-27-34-40(4)5/h36-37H,6-35H2,1-5H3. The van der Waals surface area contributed by atoms with Gasteiger partial charge >= 0.3 is 11.9 Å². The molecular formula is C39H77NO4. The molecule has 44 heavy (non-hydrogen) atoms. The maximum atomic E-state index is 12.5. The number of hydrogen-bond acceptors (Lipinski definition) is 5. The molecule has 0 saturated heterocycles. The van der Waals surface area contributed by atoms with E-state index in [2.05, 4.69) is 25.7 Å². The molecule has 0 bridgehead atoms. The fourth-order valence-electron chi connectivity index (χ4n) is 6.04. The smallest absolute Gasteiger partial charge is 0.306 e. The van der Waals surface area contributed by atoms with Gasteiger partial charge in [0.15, 0.2) is 0 Å². The van der Waals surface area contributed by atoms with Gasteiger partial charge in [0.05, 0.1) is 6.61 Å². The fourth-order valence-corrected chi connectivity index (χ4v) is 6.04. The molecule has 5 heteroatoms. The molecule has 262 valence electrons. The molecule has 0 saturated carbocycles. The number of nitrogens with zero attached hydrogens (tertiary/aromatic N) is 1. The van der Waals surface area contributed by atoms with Crippen molar-refractivity contribution in [1.82, 2.24) is 4.90 Å². The van der Waals surface area contributed by atoms with E-state index in [1.807, 2.05) is 14.1 Å². The number of esters is 2. The van der Waals surface area contributed by atoms with E-state index in [1.54, 1.807) is 0 Å². The Hall–Kier alpha value is -1.10. The molecule has 0 amide bonds. The van der Waals surface area contributed by atoms with Crippen LogP contribution in [0.15, 0.2) is 0 Å². The maximum absolute atomic E-state index is 12.5. The summed E-state index contributed by atoms with van der Waals surface area (Å²) in [6, 6.07) is 0. The number of carbonyl (C=O) groups is 2. The Balaban J connectivity index is 4.33. The van der Waals surface area contributed by atoms with Gasteiger partial charge in [-0.05, 0) is 77.9 Å². The quantitative estimate of drug-likeness (QED) is 0.0527. The highest BCUT2D eigenvalue weighted by Crippen LogP contribution is 2.21. The van der Waals surface area contributed by atoms with Crippen LogP contribution in [0.3, 0.4) is 0 Å². The predicted octanol–water partition coefficient (Wildman–Crippen LogP) is 11.6. The first-order valence-corrected chi connectivity index (χ1v) is 19.4. The van der Waals surface area contributed by atoms with Crippen molar-refractivity contribution in [3.05, 3.63) is 0 Å². The van der Waals surface area contributed by atoms with E-state index < -0.39 is 0 Å². The average molecular weight is 624 g/mol. The fraction of sp³-hybridized carbons (Fsp3) is 0.949. The monoisotopic (exact) mass is 624 g/mol. The van der Waals surface area contributed by atoms with Crippen molar-refractivity contribution in [3.8, 4) is 0 Å². The van der Waals surface area contributed by atoms with Gasteiger partial charge in [0, 0.05) is 12.8 Å². The van der Waals surface area contributed by atoms with Gasteiger partial charge in [-0.3, -0.25) is 9.59 Å². The Morgan fingerprint density at radius 2 is 0.909 bits per heavy atom. The van der Waals surface area contributed by atoms with Gasteiger partial charge in [-0.2, -0.15) is 0 Å².